The van der Waals surface area contributed by atoms with Gasteiger partial charge in [0, 0.05) is 5.56 Å². The highest BCUT2D eigenvalue weighted by molar-refractivity contribution is 6.13. The van der Waals surface area contributed by atoms with Crippen LogP contribution in [0, 0.1) is 11.3 Å². The van der Waals surface area contributed by atoms with Crippen LogP contribution in [0.2, 0.25) is 5.82 Å². The van der Waals surface area contributed by atoms with Crippen molar-refractivity contribution in [3.8, 4) is 5.75 Å². The third kappa shape index (κ3) is 3.23. The maximum absolute atomic E-state index is 5.51. The van der Waals surface area contributed by atoms with Gasteiger partial charge in [-0.15, -0.1) is 0 Å². The van der Waals surface area contributed by atoms with E-state index < -0.39 is 0 Å². The molecule has 2 heteroatoms. The fourth-order valence-electron chi connectivity index (χ4n) is 3.05. The average Bonchev–Trinajstić information content (AvgIpc) is 2.37. The summed E-state index contributed by atoms with van der Waals surface area (Å²) in [7, 11) is 4.08. The van der Waals surface area contributed by atoms with Crippen molar-refractivity contribution in [3.63, 3.8) is 0 Å². The van der Waals surface area contributed by atoms with Gasteiger partial charge in [0.05, 0.1) is 7.11 Å². The monoisotopic (exact) mass is 256 g/mol. The van der Waals surface area contributed by atoms with Gasteiger partial charge < -0.3 is 4.74 Å². The van der Waals surface area contributed by atoms with Gasteiger partial charge in [-0.1, -0.05) is 57.3 Å². The van der Waals surface area contributed by atoms with E-state index in [0.717, 1.165) is 18.1 Å². The minimum Gasteiger partial charge on any atom is -0.496 e. The van der Waals surface area contributed by atoms with Crippen molar-refractivity contribution in [1.82, 2.24) is 0 Å². The van der Waals surface area contributed by atoms with E-state index >= 15 is 0 Å². The normalized spacial score (nSPS) is 23.9. The molecule has 19 heavy (non-hydrogen) atoms. The molecule has 1 aliphatic rings. The van der Waals surface area contributed by atoms with Crippen molar-refractivity contribution in [2.45, 2.75) is 39.4 Å². The minimum absolute atomic E-state index is 0.371. The largest absolute Gasteiger partial charge is 0.496 e. The molecule has 0 fully saturated rings. The molecule has 0 bridgehead atoms. The standard InChI is InChI=1S/C17H25BO/c1-17(2,3)13-9-12(10-14(18)11-13)15-7-5-6-8-16(15)19-4/h5-8,10,13-14H,9,11,18H2,1-4H3. The Balaban J connectivity index is 2.34. The van der Waals surface area contributed by atoms with Gasteiger partial charge in [0.1, 0.15) is 13.6 Å². The number of hydrogen-bond acceptors (Lipinski definition) is 1. The molecule has 1 aromatic rings. The Bertz CT molecular complexity index is 470. The fourth-order valence-corrected chi connectivity index (χ4v) is 3.05. The highest BCUT2D eigenvalue weighted by atomic mass is 16.5. The van der Waals surface area contributed by atoms with Crippen LogP contribution in [-0.2, 0) is 0 Å². The molecule has 0 spiro atoms. The Morgan fingerprint density at radius 2 is 1.89 bits per heavy atom. The molecule has 0 heterocycles. The van der Waals surface area contributed by atoms with E-state index in [0.29, 0.717) is 11.2 Å². The molecule has 2 unspecified atom stereocenters. The molecule has 2 atom stereocenters. The molecule has 1 aromatic carbocycles. The number of methoxy groups -OCH3 is 1. The summed E-state index contributed by atoms with van der Waals surface area (Å²) in [5, 5.41) is 0. The van der Waals surface area contributed by atoms with Crippen LogP contribution in [0.4, 0.5) is 0 Å². The number of para-hydroxylation sites is 1. The second-order valence-electron chi connectivity index (χ2n) is 6.87. The zero-order valence-electron chi connectivity index (χ0n) is 12.9. The molecule has 0 amide bonds. The van der Waals surface area contributed by atoms with E-state index in [1.807, 2.05) is 6.07 Å². The lowest BCUT2D eigenvalue weighted by molar-refractivity contribution is 0.227. The summed E-state index contributed by atoms with van der Waals surface area (Å²) in [6.45, 7) is 7.07. The Hall–Kier alpha value is -1.18. The molecule has 0 aliphatic heterocycles. The van der Waals surface area contributed by atoms with Crippen molar-refractivity contribution in [3.05, 3.63) is 35.9 Å². The van der Waals surface area contributed by atoms with Crippen LogP contribution in [0.25, 0.3) is 5.57 Å². The number of ether oxygens (including phenoxy) is 1. The van der Waals surface area contributed by atoms with Gasteiger partial charge in [-0.05, 0) is 29.4 Å². The lowest BCUT2D eigenvalue weighted by Crippen LogP contribution is -2.24. The smallest absolute Gasteiger partial charge is 0.126 e. The Morgan fingerprint density at radius 1 is 1.21 bits per heavy atom. The molecule has 0 saturated heterocycles. The van der Waals surface area contributed by atoms with Crippen LogP contribution >= 0.6 is 0 Å². The molecule has 2 rings (SSSR count). The van der Waals surface area contributed by atoms with Crippen LogP contribution in [0.1, 0.15) is 39.2 Å². The van der Waals surface area contributed by atoms with Gasteiger partial charge in [0.2, 0.25) is 0 Å². The third-order valence-electron chi connectivity index (χ3n) is 4.29. The number of benzene rings is 1. The molecule has 1 nitrogen and oxygen atoms in total. The van der Waals surface area contributed by atoms with Crippen LogP contribution < -0.4 is 4.74 Å². The van der Waals surface area contributed by atoms with Crippen molar-refractivity contribution < 1.29 is 4.74 Å². The maximum Gasteiger partial charge on any atom is 0.126 e. The van der Waals surface area contributed by atoms with Gasteiger partial charge >= 0.3 is 0 Å². The fraction of sp³-hybridized carbons (Fsp3) is 0.529. The highest BCUT2D eigenvalue weighted by Gasteiger charge is 2.30. The highest BCUT2D eigenvalue weighted by Crippen LogP contribution is 2.45. The first-order valence-electron chi connectivity index (χ1n) is 7.26. The maximum atomic E-state index is 5.51. The number of rotatable bonds is 2. The Morgan fingerprint density at radius 3 is 2.53 bits per heavy atom. The van der Waals surface area contributed by atoms with Gasteiger partial charge in [-0.25, -0.2) is 0 Å². The van der Waals surface area contributed by atoms with Gasteiger partial charge in [-0.2, -0.15) is 0 Å². The van der Waals surface area contributed by atoms with Crippen LogP contribution in [0.3, 0.4) is 0 Å². The average molecular weight is 256 g/mol. The summed E-state index contributed by atoms with van der Waals surface area (Å²) >= 11 is 0. The van der Waals surface area contributed by atoms with Gasteiger partial charge in [0.25, 0.3) is 0 Å². The topological polar surface area (TPSA) is 9.23 Å². The van der Waals surface area contributed by atoms with Crippen molar-refractivity contribution in [2.24, 2.45) is 11.3 Å². The van der Waals surface area contributed by atoms with Crippen molar-refractivity contribution in [2.75, 3.05) is 7.11 Å². The zero-order valence-corrected chi connectivity index (χ0v) is 12.9. The number of hydrogen-bond donors (Lipinski definition) is 0. The first-order chi connectivity index (χ1) is 8.91. The molecule has 0 aromatic heterocycles. The lowest BCUT2D eigenvalue weighted by Gasteiger charge is -2.36. The summed E-state index contributed by atoms with van der Waals surface area (Å²) in [5.74, 6) is 2.39. The SMILES string of the molecule is BC1C=C(c2ccccc2OC)CC(C(C)(C)C)C1. The zero-order chi connectivity index (χ0) is 14.0. The van der Waals surface area contributed by atoms with E-state index in [-0.39, 0.29) is 0 Å². The molecule has 0 saturated carbocycles. The summed E-state index contributed by atoms with van der Waals surface area (Å²) in [6.07, 6.45) is 4.89. The van der Waals surface area contributed by atoms with Crippen molar-refractivity contribution >= 4 is 13.4 Å². The molecular weight excluding hydrogens is 231 g/mol. The molecule has 102 valence electrons. The van der Waals surface area contributed by atoms with Gasteiger partial charge in [-0.3, -0.25) is 0 Å². The minimum atomic E-state index is 0.371. The Labute approximate surface area is 118 Å². The van der Waals surface area contributed by atoms with E-state index in [1.165, 1.54) is 17.6 Å². The van der Waals surface area contributed by atoms with Crippen molar-refractivity contribution in [1.29, 1.82) is 0 Å². The lowest BCUT2D eigenvalue weighted by atomic mass is 9.64. The van der Waals surface area contributed by atoms with Gasteiger partial charge in [0.15, 0.2) is 0 Å². The van der Waals surface area contributed by atoms with E-state index in [9.17, 15) is 0 Å². The van der Waals surface area contributed by atoms with E-state index in [2.05, 4.69) is 52.9 Å². The van der Waals surface area contributed by atoms with Crippen LogP contribution in [0.15, 0.2) is 30.3 Å². The second-order valence-corrected chi connectivity index (χ2v) is 6.87. The summed E-state index contributed by atoms with van der Waals surface area (Å²) in [4.78, 5) is 0. The first-order valence-corrected chi connectivity index (χ1v) is 7.26. The predicted molar refractivity (Wildman–Crippen MR) is 85.4 cm³/mol. The predicted octanol–water partition coefficient (Wildman–Crippen LogP) is 3.96. The van der Waals surface area contributed by atoms with E-state index in [1.54, 1.807) is 7.11 Å². The molecule has 0 radical (unpaired) electrons. The summed E-state index contributed by atoms with van der Waals surface area (Å²) in [6, 6.07) is 8.38. The van der Waals surface area contributed by atoms with Crippen LogP contribution in [0.5, 0.6) is 5.75 Å². The molecular formula is C17H25BO. The number of allylic oxidation sites excluding steroid dienone is 2. The molecule has 1 aliphatic carbocycles. The quantitative estimate of drug-likeness (QED) is 0.728. The Kier molecular flexibility index (Phi) is 4.08. The van der Waals surface area contributed by atoms with E-state index in [4.69, 9.17) is 4.74 Å². The first kappa shape index (κ1) is 14.2. The summed E-state index contributed by atoms with van der Waals surface area (Å²) in [5.41, 5.74) is 3.09. The summed E-state index contributed by atoms with van der Waals surface area (Å²) < 4.78 is 5.51. The molecule has 0 N–H and O–H groups in total. The third-order valence-corrected chi connectivity index (χ3v) is 4.29. The van der Waals surface area contributed by atoms with Crippen LogP contribution in [-0.4, -0.2) is 15.0 Å². The second kappa shape index (κ2) is 5.44.